The Bertz CT molecular complexity index is 468. The Kier molecular flexibility index (Phi) is 5.42. The quantitative estimate of drug-likeness (QED) is 0.781. The maximum Gasteiger partial charge on any atom is 0.307 e. The van der Waals surface area contributed by atoms with Crippen molar-refractivity contribution in [3.05, 3.63) is 23.0 Å². The molecule has 0 saturated heterocycles. The number of carbonyl (C=O) groups excluding carboxylic acids is 2. The molecule has 106 valence electrons. The van der Waals surface area contributed by atoms with Crippen molar-refractivity contribution in [1.82, 2.24) is 9.47 Å². The maximum atomic E-state index is 12.3. The number of carbonyl (C=O) groups is 2. The van der Waals surface area contributed by atoms with Crippen LogP contribution in [0.15, 0.2) is 12.3 Å². The maximum absolute atomic E-state index is 12.3. The van der Waals surface area contributed by atoms with Crippen LogP contribution in [0.2, 0.25) is 5.02 Å². The lowest BCUT2D eigenvalue weighted by molar-refractivity contribution is -0.140. The second-order valence-electron chi connectivity index (χ2n) is 4.60. The number of aromatic nitrogens is 1. The van der Waals surface area contributed by atoms with Gasteiger partial charge in [-0.25, -0.2) is 0 Å². The number of amides is 1. The van der Waals surface area contributed by atoms with Crippen LogP contribution < -0.4 is 0 Å². The summed E-state index contributed by atoms with van der Waals surface area (Å²) in [5.74, 6) is -0.499. The van der Waals surface area contributed by atoms with Crippen molar-refractivity contribution in [3.63, 3.8) is 0 Å². The summed E-state index contributed by atoms with van der Waals surface area (Å²) in [6.07, 6.45) is 1.91. The predicted molar refractivity (Wildman–Crippen MR) is 73.4 cm³/mol. The largest absolute Gasteiger partial charge is 0.469 e. The van der Waals surface area contributed by atoms with E-state index in [4.69, 9.17) is 11.6 Å². The number of hydrogen-bond acceptors (Lipinski definition) is 3. The van der Waals surface area contributed by atoms with E-state index in [1.807, 2.05) is 18.4 Å². The average Bonchev–Trinajstić information content (AvgIpc) is 2.76. The zero-order valence-corrected chi connectivity index (χ0v) is 12.4. The van der Waals surface area contributed by atoms with Crippen molar-refractivity contribution in [2.45, 2.75) is 26.3 Å². The molecule has 0 saturated carbocycles. The summed E-state index contributed by atoms with van der Waals surface area (Å²) in [7, 11) is 2.98. The molecule has 1 aromatic heterocycles. The van der Waals surface area contributed by atoms with E-state index in [2.05, 4.69) is 4.74 Å². The monoisotopic (exact) mass is 286 g/mol. The van der Waals surface area contributed by atoms with Gasteiger partial charge in [-0.2, -0.15) is 0 Å². The molecule has 1 rings (SSSR count). The average molecular weight is 287 g/mol. The van der Waals surface area contributed by atoms with Gasteiger partial charge in [-0.1, -0.05) is 11.6 Å². The fourth-order valence-electron chi connectivity index (χ4n) is 1.70. The van der Waals surface area contributed by atoms with Gasteiger partial charge in [0, 0.05) is 25.8 Å². The fraction of sp³-hybridized carbons (Fsp3) is 0.538. The first-order chi connectivity index (χ1) is 8.86. The van der Waals surface area contributed by atoms with E-state index in [-0.39, 0.29) is 24.3 Å². The van der Waals surface area contributed by atoms with Crippen LogP contribution in [-0.4, -0.2) is 42.0 Å². The molecule has 0 fully saturated rings. The highest BCUT2D eigenvalue weighted by Crippen LogP contribution is 2.20. The highest BCUT2D eigenvalue weighted by molar-refractivity contribution is 6.31. The molecule has 0 bridgehead atoms. The molecule has 0 aliphatic carbocycles. The van der Waals surface area contributed by atoms with Gasteiger partial charge in [0.15, 0.2) is 0 Å². The van der Waals surface area contributed by atoms with Crippen molar-refractivity contribution in [1.29, 1.82) is 0 Å². The molecule has 0 aromatic carbocycles. The second-order valence-corrected chi connectivity index (χ2v) is 5.03. The molecule has 0 unspecified atom stereocenters. The van der Waals surface area contributed by atoms with Gasteiger partial charge in [-0.05, 0) is 19.9 Å². The van der Waals surface area contributed by atoms with Crippen LogP contribution in [0, 0.1) is 0 Å². The van der Waals surface area contributed by atoms with Crippen LogP contribution >= 0.6 is 11.6 Å². The number of rotatable bonds is 5. The summed E-state index contributed by atoms with van der Waals surface area (Å²) in [5, 5.41) is 0.526. The van der Waals surface area contributed by atoms with Crippen LogP contribution in [0.1, 0.15) is 36.8 Å². The summed E-state index contributed by atoms with van der Waals surface area (Å²) in [6, 6.07) is 1.78. The Labute approximate surface area is 118 Å². The standard InChI is InChI=1S/C13H19ClN2O3/c1-9(2)16-8-10(14)7-11(16)13(18)15(3)6-5-12(17)19-4/h7-9H,5-6H2,1-4H3. The lowest BCUT2D eigenvalue weighted by Crippen LogP contribution is -2.31. The first-order valence-corrected chi connectivity index (χ1v) is 6.44. The molecule has 0 N–H and O–H groups in total. The smallest absolute Gasteiger partial charge is 0.307 e. The minimum atomic E-state index is -0.336. The molecule has 1 heterocycles. The lowest BCUT2D eigenvalue weighted by atomic mass is 10.3. The molecule has 0 aliphatic rings. The van der Waals surface area contributed by atoms with Crippen LogP contribution in [-0.2, 0) is 9.53 Å². The van der Waals surface area contributed by atoms with Gasteiger partial charge < -0.3 is 14.2 Å². The second kappa shape index (κ2) is 6.61. The minimum absolute atomic E-state index is 0.139. The third-order valence-electron chi connectivity index (χ3n) is 2.82. The minimum Gasteiger partial charge on any atom is -0.469 e. The highest BCUT2D eigenvalue weighted by Gasteiger charge is 2.19. The van der Waals surface area contributed by atoms with E-state index in [9.17, 15) is 9.59 Å². The molecule has 0 radical (unpaired) electrons. The molecule has 5 nitrogen and oxygen atoms in total. The first-order valence-electron chi connectivity index (χ1n) is 6.06. The third-order valence-corrected chi connectivity index (χ3v) is 3.02. The topological polar surface area (TPSA) is 51.5 Å². The Hall–Kier alpha value is -1.49. The van der Waals surface area contributed by atoms with Crippen molar-refractivity contribution >= 4 is 23.5 Å². The van der Waals surface area contributed by atoms with Gasteiger partial charge in [-0.15, -0.1) is 0 Å². The Morgan fingerprint density at radius 1 is 1.47 bits per heavy atom. The van der Waals surface area contributed by atoms with Gasteiger partial charge >= 0.3 is 5.97 Å². The Morgan fingerprint density at radius 2 is 2.11 bits per heavy atom. The molecule has 19 heavy (non-hydrogen) atoms. The Balaban J connectivity index is 2.79. The lowest BCUT2D eigenvalue weighted by Gasteiger charge is -2.19. The molecular weight excluding hydrogens is 268 g/mol. The third kappa shape index (κ3) is 3.99. The number of ether oxygens (including phenoxy) is 1. The number of esters is 1. The molecular formula is C13H19ClN2O3. The van der Waals surface area contributed by atoms with E-state index < -0.39 is 0 Å². The molecule has 0 spiro atoms. The zero-order valence-electron chi connectivity index (χ0n) is 11.6. The summed E-state index contributed by atoms with van der Waals surface area (Å²) < 4.78 is 6.37. The van der Waals surface area contributed by atoms with Gasteiger partial charge in [0.05, 0.1) is 18.6 Å². The molecule has 1 amide bonds. The number of methoxy groups -OCH3 is 1. The van der Waals surface area contributed by atoms with Crippen LogP contribution in [0.5, 0.6) is 0 Å². The molecule has 0 atom stereocenters. The molecule has 6 heteroatoms. The van der Waals surface area contributed by atoms with Crippen molar-refractivity contribution < 1.29 is 14.3 Å². The van der Waals surface area contributed by atoms with Gasteiger partial charge in [0.25, 0.3) is 5.91 Å². The molecule has 0 aliphatic heterocycles. The fourth-order valence-corrected chi connectivity index (χ4v) is 1.91. The zero-order chi connectivity index (χ0) is 14.6. The van der Waals surface area contributed by atoms with Crippen LogP contribution in [0.25, 0.3) is 0 Å². The van der Waals surface area contributed by atoms with Gasteiger partial charge in [-0.3, -0.25) is 9.59 Å². The van der Waals surface area contributed by atoms with Crippen LogP contribution in [0.4, 0.5) is 0 Å². The number of hydrogen-bond donors (Lipinski definition) is 0. The van der Waals surface area contributed by atoms with Crippen molar-refractivity contribution in [3.8, 4) is 0 Å². The summed E-state index contributed by atoms with van der Waals surface area (Å²) in [4.78, 5) is 24.8. The van der Waals surface area contributed by atoms with Crippen molar-refractivity contribution in [2.75, 3.05) is 20.7 Å². The van der Waals surface area contributed by atoms with E-state index in [1.54, 1.807) is 19.3 Å². The van der Waals surface area contributed by atoms with E-state index in [0.717, 1.165) is 0 Å². The van der Waals surface area contributed by atoms with E-state index in [1.165, 1.54) is 12.0 Å². The van der Waals surface area contributed by atoms with Gasteiger partial charge in [0.1, 0.15) is 5.69 Å². The number of nitrogens with zero attached hydrogens (tertiary/aromatic N) is 2. The van der Waals surface area contributed by atoms with Crippen molar-refractivity contribution in [2.24, 2.45) is 0 Å². The summed E-state index contributed by atoms with van der Waals surface area (Å²) in [6.45, 7) is 4.26. The Morgan fingerprint density at radius 3 is 2.63 bits per heavy atom. The summed E-state index contributed by atoms with van der Waals surface area (Å²) >= 11 is 5.94. The predicted octanol–water partition coefficient (Wildman–Crippen LogP) is 2.36. The molecule has 1 aromatic rings. The van der Waals surface area contributed by atoms with Gasteiger partial charge in [0.2, 0.25) is 0 Å². The van der Waals surface area contributed by atoms with E-state index >= 15 is 0 Å². The SMILES string of the molecule is COC(=O)CCN(C)C(=O)c1cc(Cl)cn1C(C)C. The van der Waals surface area contributed by atoms with E-state index in [0.29, 0.717) is 17.3 Å². The first kappa shape index (κ1) is 15.6. The summed E-state index contributed by atoms with van der Waals surface area (Å²) in [5.41, 5.74) is 0.521. The highest BCUT2D eigenvalue weighted by atomic mass is 35.5. The normalized spacial score (nSPS) is 10.6. The number of halogens is 1. The van der Waals surface area contributed by atoms with Crippen LogP contribution in [0.3, 0.4) is 0 Å².